The van der Waals surface area contributed by atoms with Crippen LogP contribution in [0, 0.1) is 24.1 Å². The van der Waals surface area contributed by atoms with Gasteiger partial charge >= 0.3 is 0 Å². The quantitative estimate of drug-likeness (QED) is 0.467. The van der Waals surface area contributed by atoms with E-state index in [2.05, 4.69) is 10.6 Å². The first-order valence-corrected chi connectivity index (χ1v) is 8.03. The molecule has 0 fully saturated rings. The lowest BCUT2D eigenvalue weighted by Crippen LogP contribution is -2.18. The van der Waals surface area contributed by atoms with E-state index < -0.39 is 5.91 Å². The average Bonchev–Trinajstić information content (AvgIpc) is 2.59. The number of benzene rings is 2. The molecule has 0 heterocycles. The third kappa shape index (κ3) is 5.63. The summed E-state index contributed by atoms with van der Waals surface area (Å²) in [6.45, 7) is 2.38. The molecule has 0 aromatic heterocycles. The number of hydrogen-bond donors (Lipinski definition) is 2. The van der Waals surface area contributed by atoms with E-state index in [-0.39, 0.29) is 11.4 Å². The standard InChI is InChI=1S/C19H17ClFN3O/c1-13-2-7-17(10-18(13)20)24-19(25)15(11-22)12-23-9-8-14-3-5-16(21)6-4-14/h2-7,10,12,23H,8-9H2,1H3,(H,24,25)/b15-12-. The second kappa shape index (κ2) is 8.86. The molecule has 6 heteroatoms. The van der Waals surface area contributed by atoms with Gasteiger partial charge in [0.25, 0.3) is 5.91 Å². The van der Waals surface area contributed by atoms with Crippen molar-refractivity contribution in [1.29, 1.82) is 5.26 Å². The molecular weight excluding hydrogens is 341 g/mol. The van der Waals surface area contributed by atoms with Crippen molar-refractivity contribution in [3.05, 3.63) is 76.2 Å². The van der Waals surface area contributed by atoms with Crippen LogP contribution < -0.4 is 10.6 Å². The minimum Gasteiger partial charge on any atom is -0.389 e. The fourth-order valence-electron chi connectivity index (χ4n) is 2.06. The fourth-order valence-corrected chi connectivity index (χ4v) is 2.24. The smallest absolute Gasteiger partial charge is 0.267 e. The van der Waals surface area contributed by atoms with Crippen molar-refractivity contribution < 1.29 is 9.18 Å². The second-order valence-electron chi connectivity index (χ2n) is 5.42. The number of halogens is 2. The Morgan fingerprint density at radius 1 is 1.28 bits per heavy atom. The molecule has 1 amide bonds. The Hall–Kier alpha value is -2.84. The first kappa shape index (κ1) is 18.5. The molecule has 2 N–H and O–H groups in total. The number of amides is 1. The van der Waals surface area contributed by atoms with E-state index in [1.807, 2.05) is 13.0 Å². The summed E-state index contributed by atoms with van der Waals surface area (Å²) in [5.74, 6) is -0.798. The van der Waals surface area contributed by atoms with Gasteiger partial charge in [0.05, 0.1) is 0 Å². The second-order valence-corrected chi connectivity index (χ2v) is 5.83. The van der Waals surface area contributed by atoms with Crippen molar-refractivity contribution in [3.8, 4) is 6.07 Å². The van der Waals surface area contributed by atoms with E-state index >= 15 is 0 Å². The molecule has 4 nitrogen and oxygen atoms in total. The summed E-state index contributed by atoms with van der Waals surface area (Å²) >= 11 is 6.01. The highest BCUT2D eigenvalue weighted by molar-refractivity contribution is 6.31. The van der Waals surface area contributed by atoms with Gasteiger partial charge in [0.2, 0.25) is 0 Å². The van der Waals surface area contributed by atoms with E-state index in [1.165, 1.54) is 18.3 Å². The molecule has 0 aliphatic carbocycles. The number of hydrogen-bond acceptors (Lipinski definition) is 3. The molecule has 0 aliphatic rings. The summed E-state index contributed by atoms with van der Waals surface area (Å²) in [7, 11) is 0. The Morgan fingerprint density at radius 2 is 2.00 bits per heavy atom. The van der Waals surface area contributed by atoms with Gasteiger partial charge in [-0.1, -0.05) is 29.8 Å². The summed E-state index contributed by atoms with van der Waals surface area (Å²) in [5, 5.41) is 15.2. The lowest BCUT2D eigenvalue weighted by Gasteiger charge is -2.07. The predicted octanol–water partition coefficient (Wildman–Crippen LogP) is 3.97. The van der Waals surface area contributed by atoms with Gasteiger partial charge < -0.3 is 10.6 Å². The van der Waals surface area contributed by atoms with Gasteiger partial charge in [-0.25, -0.2) is 4.39 Å². The lowest BCUT2D eigenvalue weighted by molar-refractivity contribution is -0.112. The van der Waals surface area contributed by atoms with Crippen molar-refractivity contribution in [2.24, 2.45) is 0 Å². The van der Waals surface area contributed by atoms with Crippen molar-refractivity contribution in [3.63, 3.8) is 0 Å². The number of nitriles is 1. The topological polar surface area (TPSA) is 64.9 Å². The summed E-state index contributed by atoms with van der Waals surface area (Å²) in [4.78, 5) is 12.1. The monoisotopic (exact) mass is 357 g/mol. The van der Waals surface area contributed by atoms with Crippen LogP contribution in [0.5, 0.6) is 0 Å². The molecule has 0 atom stereocenters. The first-order valence-electron chi connectivity index (χ1n) is 7.65. The molecule has 0 saturated heterocycles. The van der Waals surface area contributed by atoms with Crippen LogP contribution in [-0.4, -0.2) is 12.5 Å². The maximum atomic E-state index is 12.8. The van der Waals surface area contributed by atoms with Crippen molar-refractivity contribution in [1.82, 2.24) is 5.32 Å². The minimum atomic E-state index is -0.517. The molecule has 0 saturated carbocycles. The molecule has 128 valence electrons. The van der Waals surface area contributed by atoms with E-state index in [0.29, 0.717) is 23.7 Å². The molecule has 0 radical (unpaired) electrons. The molecule has 0 bridgehead atoms. The third-order valence-corrected chi connectivity index (χ3v) is 3.92. The first-order chi connectivity index (χ1) is 12.0. The van der Waals surface area contributed by atoms with Crippen LogP contribution in [-0.2, 0) is 11.2 Å². The van der Waals surface area contributed by atoms with E-state index in [4.69, 9.17) is 16.9 Å². The molecule has 2 rings (SSSR count). The zero-order valence-electron chi connectivity index (χ0n) is 13.6. The molecule has 0 unspecified atom stereocenters. The Morgan fingerprint density at radius 3 is 2.64 bits per heavy atom. The van der Waals surface area contributed by atoms with E-state index in [9.17, 15) is 9.18 Å². The van der Waals surface area contributed by atoms with Crippen molar-refractivity contribution >= 4 is 23.2 Å². The highest BCUT2D eigenvalue weighted by atomic mass is 35.5. The maximum Gasteiger partial charge on any atom is 0.267 e. The van der Waals surface area contributed by atoms with Crippen LogP contribution in [0.2, 0.25) is 5.02 Å². The lowest BCUT2D eigenvalue weighted by atomic mass is 10.1. The van der Waals surface area contributed by atoms with Crippen LogP contribution in [0.3, 0.4) is 0 Å². The van der Waals surface area contributed by atoms with Gasteiger partial charge in [-0.2, -0.15) is 5.26 Å². The largest absolute Gasteiger partial charge is 0.389 e. The number of anilines is 1. The van der Waals surface area contributed by atoms with Gasteiger partial charge in [0, 0.05) is 23.5 Å². The van der Waals surface area contributed by atoms with Gasteiger partial charge in [0.15, 0.2) is 0 Å². The zero-order valence-corrected chi connectivity index (χ0v) is 14.4. The maximum absolute atomic E-state index is 12.8. The summed E-state index contributed by atoms with van der Waals surface area (Å²) in [6, 6.07) is 13.2. The number of nitrogens with one attached hydrogen (secondary N) is 2. The molecule has 0 aliphatic heterocycles. The Labute approximate surface area is 150 Å². The number of carbonyl (C=O) groups excluding carboxylic acids is 1. The molecule has 2 aromatic rings. The highest BCUT2D eigenvalue weighted by Crippen LogP contribution is 2.20. The van der Waals surface area contributed by atoms with Crippen LogP contribution >= 0.6 is 11.6 Å². The third-order valence-electron chi connectivity index (χ3n) is 3.51. The van der Waals surface area contributed by atoms with E-state index in [1.54, 1.807) is 30.3 Å². The van der Waals surface area contributed by atoms with Gasteiger partial charge in [0.1, 0.15) is 17.5 Å². The van der Waals surface area contributed by atoms with Crippen LogP contribution in [0.15, 0.2) is 54.2 Å². The van der Waals surface area contributed by atoms with E-state index in [0.717, 1.165) is 11.1 Å². The van der Waals surface area contributed by atoms with Crippen LogP contribution in [0.1, 0.15) is 11.1 Å². The van der Waals surface area contributed by atoms with Crippen molar-refractivity contribution in [2.75, 3.05) is 11.9 Å². The zero-order chi connectivity index (χ0) is 18.2. The Bertz CT molecular complexity index is 826. The summed E-state index contributed by atoms with van der Waals surface area (Å²) in [5.41, 5.74) is 2.33. The number of carbonyl (C=O) groups is 1. The highest BCUT2D eigenvalue weighted by Gasteiger charge is 2.09. The predicted molar refractivity (Wildman–Crippen MR) is 96.6 cm³/mol. The SMILES string of the molecule is Cc1ccc(NC(=O)/C(C#N)=C\NCCc2ccc(F)cc2)cc1Cl. The van der Waals surface area contributed by atoms with Gasteiger partial charge in [-0.15, -0.1) is 0 Å². The number of rotatable bonds is 6. The molecule has 2 aromatic carbocycles. The molecule has 0 spiro atoms. The average molecular weight is 358 g/mol. The Kier molecular flexibility index (Phi) is 6.55. The summed E-state index contributed by atoms with van der Waals surface area (Å²) < 4.78 is 12.8. The van der Waals surface area contributed by atoms with Gasteiger partial charge in [-0.05, 0) is 48.7 Å². The Balaban J connectivity index is 1.90. The minimum absolute atomic E-state index is 0.0456. The number of aryl methyl sites for hydroxylation is 1. The van der Waals surface area contributed by atoms with Crippen LogP contribution in [0.4, 0.5) is 10.1 Å². The summed E-state index contributed by atoms with van der Waals surface area (Å²) in [6.07, 6.45) is 2.01. The molecule has 25 heavy (non-hydrogen) atoms. The fraction of sp³-hybridized carbons (Fsp3) is 0.158. The van der Waals surface area contributed by atoms with Gasteiger partial charge in [-0.3, -0.25) is 4.79 Å². The normalized spacial score (nSPS) is 10.9. The molecular formula is C19H17ClFN3O. The number of nitrogens with zero attached hydrogens (tertiary/aromatic N) is 1. The van der Waals surface area contributed by atoms with Crippen LogP contribution in [0.25, 0.3) is 0 Å². The van der Waals surface area contributed by atoms with Crippen molar-refractivity contribution in [2.45, 2.75) is 13.3 Å².